The maximum Gasteiger partial charge on any atom is 0.331 e. The molecule has 37 heavy (non-hydrogen) atoms. The fraction of sp³-hybridized carbons (Fsp3) is 0.143. The molecule has 0 spiro atoms. The number of hydrogen-bond acceptors (Lipinski definition) is 6. The number of hydrogen-bond donors (Lipinski definition) is 1. The second-order valence-electron chi connectivity index (χ2n) is 8.61. The fourth-order valence-electron chi connectivity index (χ4n) is 3.86. The van der Waals surface area contributed by atoms with E-state index in [1.807, 2.05) is 74.5 Å². The van der Waals surface area contributed by atoms with E-state index in [1.54, 1.807) is 33.9 Å². The van der Waals surface area contributed by atoms with Crippen molar-refractivity contribution in [2.75, 3.05) is 11.9 Å². The van der Waals surface area contributed by atoms with Gasteiger partial charge in [0.25, 0.3) is 5.91 Å². The molecule has 0 aliphatic rings. The number of ether oxygens (including phenoxy) is 1. The Morgan fingerprint density at radius 2 is 1.86 bits per heavy atom. The minimum atomic E-state index is -0.657. The van der Waals surface area contributed by atoms with Crippen LogP contribution in [0.3, 0.4) is 0 Å². The molecule has 0 unspecified atom stereocenters. The minimum absolute atomic E-state index is 0.0773. The van der Waals surface area contributed by atoms with Crippen molar-refractivity contribution in [3.05, 3.63) is 90.8 Å². The lowest BCUT2D eigenvalue weighted by molar-refractivity contribution is -0.142. The summed E-state index contributed by atoms with van der Waals surface area (Å²) in [5, 5.41) is 12.5. The first-order valence-corrected chi connectivity index (χ1v) is 11.8. The van der Waals surface area contributed by atoms with Crippen LogP contribution in [0, 0.1) is 0 Å². The van der Waals surface area contributed by atoms with E-state index in [0.29, 0.717) is 22.8 Å². The number of benzene rings is 2. The van der Waals surface area contributed by atoms with Crippen LogP contribution in [0.4, 0.5) is 5.82 Å². The van der Waals surface area contributed by atoms with Crippen molar-refractivity contribution in [3.63, 3.8) is 0 Å². The van der Waals surface area contributed by atoms with E-state index < -0.39 is 18.5 Å². The molecular formula is C28H25N5O4. The summed E-state index contributed by atoms with van der Waals surface area (Å²) in [6, 6.07) is 21.0. The van der Waals surface area contributed by atoms with Crippen molar-refractivity contribution in [2.45, 2.75) is 19.9 Å². The lowest BCUT2D eigenvalue weighted by atomic mass is 10.2. The van der Waals surface area contributed by atoms with Gasteiger partial charge in [-0.25, -0.2) is 14.2 Å². The first-order valence-electron chi connectivity index (χ1n) is 11.8. The zero-order valence-corrected chi connectivity index (χ0v) is 20.4. The lowest BCUT2D eigenvalue weighted by Crippen LogP contribution is -2.22. The molecule has 1 N–H and O–H groups in total. The number of anilines is 1. The van der Waals surface area contributed by atoms with E-state index in [1.165, 1.54) is 6.08 Å². The molecule has 3 aromatic heterocycles. The van der Waals surface area contributed by atoms with Crippen LogP contribution in [0.25, 0.3) is 34.2 Å². The van der Waals surface area contributed by atoms with Crippen LogP contribution in [0.2, 0.25) is 0 Å². The zero-order chi connectivity index (χ0) is 25.8. The van der Waals surface area contributed by atoms with E-state index in [-0.39, 0.29) is 6.04 Å². The largest absolute Gasteiger partial charge is 0.454 e. The Balaban J connectivity index is 1.33. The fourth-order valence-corrected chi connectivity index (χ4v) is 3.86. The molecule has 0 bridgehead atoms. The second kappa shape index (κ2) is 10.4. The van der Waals surface area contributed by atoms with Crippen LogP contribution in [-0.2, 0) is 14.3 Å². The summed E-state index contributed by atoms with van der Waals surface area (Å²) in [5.41, 5.74) is 2.83. The molecule has 5 rings (SSSR count). The van der Waals surface area contributed by atoms with Crippen molar-refractivity contribution in [1.82, 2.24) is 19.6 Å². The van der Waals surface area contributed by atoms with Crippen molar-refractivity contribution in [3.8, 4) is 17.1 Å². The molecule has 0 radical (unpaired) electrons. The highest BCUT2D eigenvalue weighted by Gasteiger charge is 2.16. The van der Waals surface area contributed by atoms with Gasteiger partial charge >= 0.3 is 5.97 Å². The first-order chi connectivity index (χ1) is 18.0. The molecule has 0 aliphatic carbocycles. The molecule has 0 saturated carbocycles. The number of fused-ring (bicyclic) bond motifs is 1. The molecule has 9 heteroatoms. The van der Waals surface area contributed by atoms with Gasteiger partial charge in [-0.15, -0.1) is 0 Å². The van der Waals surface area contributed by atoms with Crippen LogP contribution < -0.4 is 5.32 Å². The predicted molar refractivity (Wildman–Crippen MR) is 140 cm³/mol. The van der Waals surface area contributed by atoms with E-state index in [0.717, 1.165) is 16.7 Å². The molecule has 0 saturated heterocycles. The van der Waals surface area contributed by atoms with Gasteiger partial charge in [0, 0.05) is 35.3 Å². The summed E-state index contributed by atoms with van der Waals surface area (Å²) in [7, 11) is 0. The van der Waals surface area contributed by atoms with Crippen LogP contribution >= 0.6 is 0 Å². The number of rotatable bonds is 8. The van der Waals surface area contributed by atoms with E-state index in [9.17, 15) is 9.59 Å². The normalized spacial score (nSPS) is 11.4. The van der Waals surface area contributed by atoms with Crippen molar-refractivity contribution < 1.29 is 18.7 Å². The van der Waals surface area contributed by atoms with Gasteiger partial charge in [-0.1, -0.05) is 36.4 Å². The number of nitrogens with one attached hydrogen (secondary N) is 1. The maximum atomic E-state index is 12.4. The average molecular weight is 496 g/mol. The standard InChI is InChI=1S/C28H25N5O4/c1-19(2)33-25(14-15-29-33)30-26(34)18-36-27(35)13-12-21-17-32(22-9-4-3-5-10-22)31-28(21)24-16-20-8-6-7-11-23(20)37-24/h3-17,19H,18H2,1-2H3,(H,30,34). The van der Waals surface area contributed by atoms with Crippen LogP contribution in [-0.4, -0.2) is 38.0 Å². The zero-order valence-electron chi connectivity index (χ0n) is 20.4. The van der Waals surface area contributed by atoms with Crippen molar-refractivity contribution >= 4 is 34.7 Å². The summed E-state index contributed by atoms with van der Waals surface area (Å²) in [4.78, 5) is 24.7. The van der Waals surface area contributed by atoms with Gasteiger partial charge in [-0.2, -0.15) is 10.2 Å². The van der Waals surface area contributed by atoms with Gasteiger partial charge in [-0.05, 0) is 44.2 Å². The quantitative estimate of drug-likeness (QED) is 0.233. The number of furan rings is 1. The molecular weight excluding hydrogens is 470 g/mol. The van der Waals surface area contributed by atoms with Crippen LogP contribution in [0.1, 0.15) is 25.5 Å². The summed E-state index contributed by atoms with van der Waals surface area (Å²) < 4.78 is 14.6. The summed E-state index contributed by atoms with van der Waals surface area (Å²) >= 11 is 0. The molecule has 2 aromatic carbocycles. The van der Waals surface area contributed by atoms with E-state index in [2.05, 4.69) is 10.4 Å². The van der Waals surface area contributed by atoms with Gasteiger partial charge in [0.05, 0.1) is 11.9 Å². The summed E-state index contributed by atoms with van der Waals surface area (Å²) in [6.07, 6.45) is 6.27. The number of carbonyl (C=O) groups is 2. The Hall–Kier alpha value is -4.92. The third-order valence-corrected chi connectivity index (χ3v) is 5.59. The Bertz CT molecular complexity index is 1540. The van der Waals surface area contributed by atoms with Crippen LogP contribution in [0.15, 0.2) is 89.6 Å². The van der Waals surface area contributed by atoms with Crippen molar-refractivity contribution in [2.24, 2.45) is 0 Å². The smallest absolute Gasteiger partial charge is 0.331 e. The molecule has 0 fully saturated rings. The van der Waals surface area contributed by atoms with E-state index in [4.69, 9.17) is 14.3 Å². The van der Waals surface area contributed by atoms with Gasteiger partial charge in [0.15, 0.2) is 12.4 Å². The Kier molecular flexibility index (Phi) is 6.67. The van der Waals surface area contributed by atoms with Gasteiger partial charge in [-0.3, -0.25) is 4.79 Å². The number of carbonyl (C=O) groups excluding carboxylic acids is 2. The van der Waals surface area contributed by atoms with Gasteiger partial charge < -0.3 is 14.5 Å². The topological polar surface area (TPSA) is 104 Å². The lowest BCUT2D eigenvalue weighted by Gasteiger charge is -2.11. The molecule has 0 atom stereocenters. The second-order valence-corrected chi connectivity index (χ2v) is 8.61. The number of nitrogens with zero attached hydrogens (tertiary/aromatic N) is 4. The SMILES string of the molecule is CC(C)n1nccc1NC(=O)COC(=O)C=Cc1cn(-c2ccccc2)nc1-c1cc2ccccc2o1. The highest BCUT2D eigenvalue weighted by molar-refractivity contribution is 5.94. The molecule has 5 aromatic rings. The highest BCUT2D eigenvalue weighted by atomic mass is 16.5. The maximum absolute atomic E-state index is 12.4. The summed E-state index contributed by atoms with van der Waals surface area (Å²) in [6.45, 7) is 3.48. The third-order valence-electron chi connectivity index (χ3n) is 5.59. The van der Waals surface area contributed by atoms with E-state index >= 15 is 0 Å². The average Bonchev–Trinajstić information content (AvgIpc) is 3.64. The van der Waals surface area contributed by atoms with Gasteiger partial charge in [0.2, 0.25) is 0 Å². The molecule has 3 heterocycles. The monoisotopic (exact) mass is 495 g/mol. The predicted octanol–water partition coefficient (Wildman–Crippen LogP) is 5.26. The molecule has 1 amide bonds. The molecule has 0 aliphatic heterocycles. The summed E-state index contributed by atoms with van der Waals surface area (Å²) in [5.74, 6) is -0.0000184. The van der Waals surface area contributed by atoms with Crippen LogP contribution in [0.5, 0.6) is 0 Å². The van der Waals surface area contributed by atoms with Crippen molar-refractivity contribution in [1.29, 1.82) is 0 Å². The third kappa shape index (κ3) is 5.35. The minimum Gasteiger partial charge on any atom is -0.454 e. The number of para-hydroxylation sites is 2. The first kappa shape index (κ1) is 23.8. The molecule has 186 valence electrons. The number of esters is 1. The molecule has 9 nitrogen and oxygen atoms in total. The van der Waals surface area contributed by atoms with Gasteiger partial charge in [0.1, 0.15) is 17.1 Å². The number of aromatic nitrogens is 4. The number of amides is 1. The highest BCUT2D eigenvalue weighted by Crippen LogP contribution is 2.30. The Labute approximate surface area is 213 Å². The Morgan fingerprint density at radius 3 is 2.65 bits per heavy atom. The Morgan fingerprint density at radius 1 is 1.08 bits per heavy atom.